The number of nitrogens with zero attached hydrogens (tertiary/aromatic N) is 1. The predicted molar refractivity (Wildman–Crippen MR) is 92.2 cm³/mol. The molecule has 4 rings (SSSR count). The molecule has 2 heterocycles. The first-order valence-electron chi connectivity index (χ1n) is 8.27. The second kappa shape index (κ2) is 6.00. The summed E-state index contributed by atoms with van der Waals surface area (Å²) in [7, 11) is 0. The highest BCUT2D eigenvalue weighted by Crippen LogP contribution is 2.31. The molecule has 5 heteroatoms. The summed E-state index contributed by atoms with van der Waals surface area (Å²) in [6.07, 6.45) is 0.510. The first kappa shape index (κ1) is 14.8. The Morgan fingerprint density at radius 3 is 2.75 bits per heavy atom. The highest BCUT2D eigenvalue weighted by molar-refractivity contribution is 5.96. The van der Waals surface area contributed by atoms with E-state index in [9.17, 15) is 4.79 Å². The van der Waals surface area contributed by atoms with Crippen LogP contribution in [0.15, 0.2) is 48.5 Å². The fourth-order valence-corrected chi connectivity index (χ4v) is 3.27. The minimum atomic E-state index is 0.149. The number of para-hydroxylation sites is 2. The zero-order valence-corrected chi connectivity index (χ0v) is 13.6. The quantitative estimate of drug-likeness (QED) is 0.803. The maximum Gasteiger partial charge on any atom is 0.258 e. The average Bonchev–Trinajstić information content (AvgIpc) is 3.19. The van der Waals surface area contributed by atoms with Gasteiger partial charge in [0.1, 0.15) is 5.75 Å². The number of H-pyrrole nitrogens is 2. The third-order valence-electron chi connectivity index (χ3n) is 4.46. The Morgan fingerprint density at radius 2 is 2.00 bits per heavy atom. The Kier molecular flexibility index (Phi) is 3.69. The van der Waals surface area contributed by atoms with Gasteiger partial charge < -0.3 is 9.64 Å². The van der Waals surface area contributed by atoms with Crippen LogP contribution in [0.2, 0.25) is 0 Å². The number of nitrogens with one attached hydrogen (secondary N) is 2. The summed E-state index contributed by atoms with van der Waals surface area (Å²) in [6.45, 7) is 3.27. The molecule has 24 heavy (non-hydrogen) atoms. The normalized spacial score (nSPS) is 17.6. The second-order valence-corrected chi connectivity index (χ2v) is 6.04. The van der Waals surface area contributed by atoms with E-state index in [0.29, 0.717) is 19.6 Å². The van der Waals surface area contributed by atoms with Crippen molar-refractivity contribution in [2.24, 2.45) is 0 Å². The molecule has 1 aliphatic rings. The SMILES string of the molecule is CCOc1ccc(N2CC(c3[nH]c4ccccc4[nH+]3)CC2=O)cc1. The van der Waals surface area contributed by atoms with Crippen molar-refractivity contribution in [1.82, 2.24) is 4.98 Å². The van der Waals surface area contributed by atoms with E-state index in [1.807, 2.05) is 60.4 Å². The number of carbonyl (C=O) groups is 1. The van der Waals surface area contributed by atoms with E-state index in [-0.39, 0.29) is 11.8 Å². The molecule has 0 bridgehead atoms. The van der Waals surface area contributed by atoms with Gasteiger partial charge >= 0.3 is 0 Å². The van der Waals surface area contributed by atoms with E-state index >= 15 is 0 Å². The summed E-state index contributed by atoms with van der Waals surface area (Å²) in [5.41, 5.74) is 3.06. The number of benzene rings is 2. The van der Waals surface area contributed by atoms with E-state index in [1.165, 1.54) is 0 Å². The molecular weight excluding hydrogens is 302 g/mol. The van der Waals surface area contributed by atoms with Crippen LogP contribution in [0.1, 0.15) is 25.1 Å². The Morgan fingerprint density at radius 1 is 1.21 bits per heavy atom. The lowest BCUT2D eigenvalue weighted by Gasteiger charge is -2.16. The number of amides is 1. The molecule has 3 aromatic rings. The monoisotopic (exact) mass is 322 g/mol. The van der Waals surface area contributed by atoms with Crippen LogP contribution in [-0.4, -0.2) is 24.0 Å². The fraction of sp³-hybridized carbons (Fsp3) is 0.263. The van der Waals surface area contributed by atoms with Crippen LogP contribution in [-0.2, 0) is 4.79 Å². The Bertz CT molecular complexity index is 837. The van der Waals surface area contributed by atoms with Gasteiger partial charge in [0.25, 0.3) is 5.82 Å². The van der Waals surface area contributed by atoms with Gasteiger partial charge in [-0.2, -0.15) is 0 Å². The van der Waals surface area contributed by atoms with E-state index in [2.05, 4.69) is 9.97 Å². The molecule has 1 atom stereocenters. The lowest BCUT2D eigenvalue weighted by Crippen LogP contribution is -2.24. The number of aromatic amines is 2. The van der Waals surface area contributed by atoms with Crippen molar-refractivity contribution in [3.63, 3.8) is 0 Å². The van der Waals surface area contributed by atoms with Crippen molar-refractivity contribution in [2.75, 3.05) is 18.1 Å². The van der Waals surface area contributed by atoms with Crippen molar-refractivity contribution in [1.29, 1.82) is 0 Å². The van der Waals surface area contributed by atoms with Crippen LogP contribution >= 0.6 is 0 Å². The maximum absolute atomic E-state index is 12.5. The minimum absolute atomic E-state index is 0.149. The average molecular weight is 322 g/mol. The molecule has 1 aliphatic heterocycles. The highest BCUT2D eigenvalue weighted by Gasteiger charge is 2.36. The number of ether oxygens (including phenoxy) is 1. The van der Waals surface area contributed by atoms with E-state index < -0.39 is 0 Å². The Labute approximate surface area is 140 Å². The summed E-state index contributed by atoms with van der Waals surface area (Å²) < 4.78 is 5.46. The standard InChI is InChI=1S/C19H19N3O2/c1-2-24-15-9-7-14(8-10-15)22-12-13(11-18(22)23)19-20-16-5-3-4-6-17(16)21-19/h3-10,13H,2,11-12H2,1H3,(H,20,21)/p+1. The molecule has 1 saturated heterocycles. The molecule has 0 aliphatic carbocycles. The first-order chi connectivity index (χ1) is 11.7. The van der Waals surface area contributed by atoms with Crippen molar-refractivity contribution < 1.29 is 14.5 Å². The number of fused-ring (bicyclic) bond motifs is 1. The van der Waals surface area contributed by atoms with Gasteiger partial charge in [-0.05, 0) is 43.3 Å². The van der Waals surface area contributed by atoms with Crippen LogP contribution < -0.4 is 14.6 Å². The molecule has 0 radical (unpaired) electrons. The Balaban J connectivity index is 1.56. The third kappa shape index (κ3) is 2.62. The Hall–Kier alpha value is -2.82. The van der Waals surface area contributed by atoms with Gasteiger partial charge in [-0.3, -0.25) is 4.79 Å². The molecule has 1 amide bonds. The second-order valence-electron chi connectivity index (χ2n) is 6.04. The molecule has 2 aromatic carbocycles. The van der Waals surface area contributed by atoms with Crippen LogP contribution in [0.3, 0.4) is 0 Å². The summed E-state index contributed by atoms with van der Waals surface area (Å²) in [6, 6.07) is 15.8. The van der Waals surface area contributed by atoms with Crippen molar-refractivity contribution in [3.05, 3.63) is 54.4 Å². The number of aromatic nitrogens is 2. The number of hydrogen-bond donors (Lipinski definition) is 1. The summed E-state index contributed by atoms with van der Waals surface area (Å²) in [4.78, 5) is 21.1. The summed E-state index contributed by atoms with van der Waals surface area (Å²) >= 11 is 0. The molecule has 2 N–H and O–H groups in total. The highest BCUT2D eigenvalue weighted by atomic mass is 16.5. The number of hydrogen-bond acceptors (Lipinski definition) is 2. The van der Waals surface area contributed by atoms with Gasteiger partial charge in [-0.1, -0.05) is 12.1 Å². The lowest BCUT2D eigenvalue weighted by molar-refractivity contribution is -0.360. The van der Waals surface area contributed by atoms with Gasteiger partial charge in [-0.25, -0.2) is 9.97 Å². The van der Waals surface area contributed by atoms with Gasteiger partial charge in [0.05, 0.1) is 12.5 Å². The minimum Gasteiger partial charge on any atom is -0.494 e. The summed E-state index contributed by atoms with van der Waals surface area (Å²) in [5.74, 6) is 2.14. The van der Waals surface area contributed by atoms with Gasteiger partial charge in [0.15, 0.2) is 11.0 Å². The molecule has 1 aromatic heterocycles. The molecular formula is C19H20N3O2+. The molecule has 0 saturated carbocycles. The van der Waals surface area contributed by atoms with E-state index in [0.717, 1.165) is 28.3 Å². The number of rotatable bonds is 4. The number of carbonyl (C=O) groups excluding carboxylic acids is 1. The zero-order valence-electron chi connectivity index (χ0n) is 13.6. The molecule has 0 spiro atoms. The largest absolute Gasteiger partial charge is 0.494 e. The molecule has 1 unspecified atom stereocenters. The van der Waals surface area contributed by atoms with Gasteiger partial charge in [-0.15, -0.1) is 0 Å². The van der Waals surface area contributed by atoms with E-state index in [4.69, 9.17) is 4.74 Å². The third-order valence-corrected chi connectivity index (χ3v) is 4.46. The van der Waals surface area contributed by atoms with Crippen molar-refractivity contribution >= 4 is 22.6 Å². The van der Waals surface area contributed by atoms with Crippen LogP contribution in [0, 0.1) is 0 Å². The number of imidazole rings is 1. The predicted octanol–water partition coefficient (Wildman–Crippen LogP) is 2.90. The fourth-order valence-electron chi connectivity index (χ4n) is 3.27. The lowest BCUT2D eigenvalue weighted by atomic mass is 10.1. The maximum atomic E-state index is 12.5. The van der Waals surface area contributed by atoms with Crippen molar-refractivity contribution in [2.45, 2.75) is 19.3 Å². The first-order valence-corrected chi connectivity index (χ1v) is 8.27. The van der Waals surface area contributed by atoms with E-state index in [1.54, 1.807) is 0 Å². The van der Waals surface area contributed by atoms with Crippen LogP contribution in [0.5, 0.6) is 5.75 Å². The topological polar surface area (TPSA) is 59.5 Å². The molecule has 5 nitrogen and oxygen atoms in total. The van der Waals surface area contributed by atoms with Crippen molar-refractivity contribution in [3.8, 4) is 5.75 Å². The van der Waals surface area contributed by atoms with Gasteiger partial charge in [0, 0.05) is 18.7 Å². The van der Waals surface area contributed by atoms with Crippen LogP contribution in [0.4, 0.5) is 5.69 Å². The van der Waals surface area contributed by atoms with Gasteiger partial charge in [0.2, 0.25) is 5.91 Å². The zero-order chi connectivity index (χ0) is 16.5. The smallest absolute Gasteiger partial charge is 0.258 e. The van der Waals surface area contributed by atoms with Crippen LogP contribution in [0.25, 0.3) is 11.0 Å². The summed E-state index contributed by atoms with van der Waals surface area (Å²) in [5, 5.41) is 0. The number of anilines is 1. The molecule has 1 fully saturated rings. The molecule has 122 valence electrons.